The number of ether oxygens (including phenoxy) is 1. The van der Waals surface area contributed by atoms with Crippen LogP contribution in [-0.4, -0.2) is 11.6 Å². The third kappa shape index (κ3) is 2.67. The lowest BCUT2D eigenvalue weighted by atomic mass is 10.1. The van der Waals surface area contributed by atoms with Crippen LogP contribution in [0.4, 0.5) is 5.69 Å². The molecule has 0 saturated heterocycles. The van der Waals surface area contributed by atoms with Crippen molar-refractivity contribution >= 4 is 16.6 Å². The standard InChI is InChI=1S/C14H18N2O/c1-9(2)8-17-14-6-10(3)16-13-5-4-11(15)7-12(13)14/h4-7,9H,8,15H2,1-3H3. The fourth-order valence-electron chi connectivity index (χ4n) is 1.71. The first kappa shape index (κ1) is 11.7. The molecule has 0 saturated carbocycles. The molecule has 0 spiro atoms. The molecule has 2 aromatic rings. The van der Waals surface area contributed by atoms with Gasteiger partial charge in [0.2, 0.25) is 0 Å². The molecule has 3 nitrogen and oxygen atoms in total. The molecule has 3 heteroatoms. The Morgan fingerprint density at radius 3 is 2.76 bits per heavy atom. The predicted octanol–water partition coefficient (Wildman–Crippen LogP) is 3.16. The average Bonchev–Trinajstić information content (AvgIpc) is 2.26. The number of nitrogens with zero attached hydrogens (tertiary/aromatic N) is 1. The summed E-state index contributed by atoms with van der Waals surface area (Å²) in [5.74, 6) is 1.37. The van der Waals surface area contributed by atoms with E-state index >= 15 is 0 Å². The molecule has 17 heavy (non-hydrogen) atoms. The smallest absolute Gasteiger partial charge is 0.130 e. The van der Waals surface area contributed by atoms with Gasteiger partial charge in [0, 0.05) is 22.8 Å². The summed E-state index contributed by atoms with van der Waals surface area (Å²) >= 11 is 0. The molecule has 0 atom stereocenters. The van der Waals surface area contributed by atoms with Gasteiger partial charge in [-0.1, -0.05) is 13.8 Å². The molecule has 0 amide bonds. The Balaban J connectivity index is 2.48. The second-order valence-electron chi connectivity index (χ2n) is 4.74. The number of nitrogen functional groups attached to an aromatic ring is 1. The van der Waals surface area contributed by atoms with Gasteiger partial charge in [0.15, 0.2) is 0 Å². The Morgan fingerprint density at radius 1 is 1.29 bits per heavy atom. The minimum atomic E-state index is 0.500. The van der Waals surface area contributed by atoms with E-state index in [9.17, 15) is 0 Å². The second-order valence-corrected chi connectivity index (χ2v) is 4.74. The van der Waals surface area contributed by atoms with Crippen LogP contribution in [0.15, 0.2) is 24.3 Å². The second kappa shape index (κ2) is 4.62. The highest BCUT2D eigenvalue weighted by Gasteiger charge is 2.06. The quantitative estimate of drug-likeness (QED) is 0.824. The maximum Gasteiger partial charge on any atom is 0.130 e. The van der Waals surface area contributed by atoms with Gasteiger partial charge in [-0.3, -0.25) is 4.98 Å². The highest BCUT2D eigenvalue weighted by Crippen LogP contribution is 2.27. The molecule has 0 radical (unpaired) electrons. The van der Waals surface area contributed by atoms with Crippen LogP contribution in [0.2, 0.25) is 0 Å². The number of hydrogen-bond acceptors (Lipinski definition) is 3. The molecule has 1 aromatic heterocycles. The lowest BCUT2D eigenvalue weighted by Gasteiger charge is -2.12. The maximum absolute atomic E-state index is 5.82. The molecule has 1 aromatic carbocycles. The van der Waals surface area contributed by atoms with Gasteiger partial charge in [-0.05, 0) is 31.0 Å². The number of nitrogens with two attached hydrogens (primary N) is 1. The lowest BCUT2D eigenvalue weighted by molar-refractivity contribution is 0.274. The van der Waals surface area contributed by atoms with Crippen LogP contribution in [0.1, 0.15) is 19.5 Å². The number of anilines is 1. The Kier molecular flexibility index (Phi) is 3.18. The van der Waals surface area contributed by atoms with Crippen molar-refractivity contribution in [3.05, 3.63) is 30.0 Å². The van der Waals surface area contributed by atoms with Gasteiger partial charge < -0.3 is 10.5 Å². The van der Waals surface area contributed by atoms with E-state index in [2.05, 4.69) is 18.8 Å². The fourth-order valence-corrected chi connectivity index (χ4v) is 1.71. The highest BCUT2D eigenvalue weighted by molar-refractivity contribution is 5.87. The van der Waals surface area contributed by atoms with Gasteiger partial charge in [-0.25, -0.2) is 0 Å². The van der Waals surface area contributed by atoms with Crippen LogP contribution in [0.25, 0.3) is 10.9 Å². The van der Waals surface area contributed by atoms with Gasteiger partial charge in [-0.15, -0.1) is 0 Å². The first-order valence-electron chi connectivity index (χ1n) is 5.86. The number of hydrogen-bond donors (Lipinski definition) is 1. The zero-order valence-corrected chi connectivity index (χ0v) is 10.5. The molecule has 1 heterocycles. The van der Waals surface area contributed by atoms with Crippen molar-refractivity contribution in [2.75, 3.05) is 12.3 Å². The van der Waals surface area contributed by atoms with Gasteiger partial charge in [0.05, 0.1) is 12.1 Å². The first-order valence-corrected chi connectivity index (χ1v) is 5.86. The van der Waals surface area contributed by atoms with Gasteiger partial charge >= 0.3 is 0 Å². The summed E-state index contributed by atoms with van der Waals surface area (Å²) in [6, 6.07) is 7.67. The summed E-state index contributed by atoms with van der Waals surface area (Å²) in [5, 5.41) is 0.983. The molecular weight excluding hydrogens is 212 g/mol. The normalized spacial score (nSPS) is 11.1. The van der Waals surface area contributed by atoms with Crippen molar-refractivity contribution in [2.24, 2.45) is 5.92 Å². The van der Waals surface area contributed by atoms with Crippen molar-refractivity contribution in [3.8, 4) is 5.75 Å². The van der Waals surface area contributed by atoms with Crippen LogP contribution in [0.3, 0.4) is 0 Å². The molecule has 90 valence electrons. The monoisotopic (exact) mass is 230 g/mol. The zero-order valence-electron chi connectivity index (χ0n) is 10.5. The largest absolute Gasteiger partial charge is 0.493 e. The summed E-state index contributed by atoms with van der Waals surface area (Å²) < 4.78 is 5.82. The minimum Gasteiger partial charge on any atom is -0.493 e. The average molecular weight is 230 g/mol. The van der Waals surface area contributed by atoms with Crippen molar-refractivity contribution in [1.29, 1.82) is 0 Å². The molecule has 0 aliphatic rings. The van der Waals surface area contributed by atoms with E-state index in [0.29, 0.717) is 12.5 Å². The Hall–Kier alpha value is -1.77. The van der Waals surface area contributed by atoms with E-state index in [4.69, 9.17) is 10.5 Å². The van der Waals surface area contributed by atoms with Crippen LogP contribution in [0, 0.1) is 12.8 Å². The summed E-state index contributed by atoms with van der Waals surface area (Å²) in [4.78, 5) is 4.47. The van der Waals surface area contributed by atoms with Crippen molar-refractivity contribution < 1.29 is 4.74 Å². The fraction of sp³-hybridized carbons (Fsp3) is 0.357. The number of aromatic nitrogens is 1. The summed E-state index contributed by atoms with van der Waals surface area (Å²) in [7, 11) is 0. The third-order valence-electron chi connectivity index (χ3n) is 2.50. The van der Waals surface area contributed by atoms with E-state index in [0.717, 1.165) is 28.0 Å². The van der Waals surface area contributed by atoms with E-state index in [-0.39, 0.29) is 0 Å². The number of benzene rings is 1. The number of aryl methyl sites for hydroxylation is 1. The SMILES string of the molecule is Cc1cc(OCC(C)C)c2cc(N)ccc2n1. The van der Waals surface area contributed by atoms with Crippen molar-refractivity contribution in [1.82, 2.24) is 4.98 Å². The van der Waals surface area contributed by atoms with Gasteiger partial charge in [-0.2, -0.15) is 0 Å². The van der Waals surface area contributed by atoms with Gasteiger partial charge in [0.25, 0.3) is 0 Å². The molecule has 0 fully saturated rings. The Morgan fingerprint density at radius 2 is 2.06 bits per heavy atom. The summed E-state index contributed by atoms with van der Waals surface area (Å²) in [5.41, 5.74) is 8.43. The maximum atomic E-state index is 5.82. The molecule has 0 unspecified atom stereocenters. The first-order chi connectivity index (χ1) is 8.06. The summed E-state index contributed by atoms with van der Waals surface area (Å²) in [6.45, 7) is 6.93. The van der Waals surface area contributed by atoms with Crippen LogP contribution in [-0.2, 0) is 0 Å². The van der Waals surface area contributed by atoms with Crippen molar-refractivity contribution in [3.63, 3.8) is 0 Å². The predicted molar refractivity (Wildman–Crippen MR) is 71.2 cm³/mol. The summed E-state index contributed by atoms with van der Waals surface area (Å²) in [6.07, 6.45) is 0. The van der Waals surface area contributed by atoms with E-state index in [1.165, 1.54) is 0 Å². The molecular formula is C14H18N2O. The topological polar surface area (TPSA) is 48.1 Å². The molecule has 0 aliphatic carbocycles. The highest BCUT2D eigenvalue weighted by atomic mass is 16.5. The molecule has 0 bridgehead atoms. The van der Waals surface area contributed by atoms with Crippen LogP contribution >= 0.6 is 0 Å². The van der Waals surface area contributed by atoms with Gasteiger partial charge in [0.1, 0.15) is 5.75 Å². The number of pyridine rings is 1. The minimum absolute atomic E-state index is 0.500. The van der Waals surface area contributed by atoms with E-state index in [1.807, 2.05) is 31.2 Å². The number of fused-ring (bicyclic) bond motifs is 1. The Labute approximate surface area is 102 Å². The van der Waals surface area contributed by atoms with E-state index in [1.54, 1.807) is 0 Å². The Bertz CT molecular complexity index is 535. The van der Waals surface area contributed by atoms with Crippen LogP contribution < -0.4 is 10.5 Å². The van der Waals surface area contributed by atoms with Crippen LogP contribution in [0.5, 0.6) is 5.75 Å². The molecule has 0 aliphatic heterocycles. The third-order valence-corrected chi connectivity index (χ3v) is 2.50. The molecule has 2 rings (SSSR count). The van der Waals surface area contributed by atoms with E-state index < -0.39 is 0 Å². The number of rotatable bonds is 3. The van der Waals surface area contributed by atoms with Crippen molar-refractivity contribution in [2.45, 2.75) is 20.8 Å². The lowest BCUT2D eigenvalue weighted by Crippen LogP contribution is -2.05. The zero-order chi connectivity index (χ0) is 12.4. The molecule has 2 N–H and O–H groups in total.